The van der Waals surface area contributed by atoms with E-state index in [1.807, 2.05) is 30.5 Å². The van der Waals surface area contributed by atoms with E-state index in [1.54, 1.807) is 17.6 Å². The number of aromatic amines is 1. The Balaban J connectivity index is 1.64. The summed E-state index contributed by atoms with van der Waals surface area (Å²) >= 11 is 1.71. The largest absolute Gasteiger partial charge is 0.461 e. The summed E-state index contributed by atoms with van der Waals surface area (Å²) in [4.78, 5) is 6.83. The number of hydrogen-bond donors (Lipinski definition) is 2. The molecule has 2 N–H and O–H groups in total. The maximum absolute atomic E-state index is 6.65. The van der Waals surface area contributed by atoms with E-state index in [2.05, 4.69) is 32.7 Å². The Labute approximate surface area is 149 Å². The molecule has 1 atom stereocenters. The van der Waals surface area contributed by atoms with Crippen LogP contribution in [0.1, 0.15) is 29.2 Å². The van der Waals surface area contributed by atoms with Crippen molar-refractivity contribution < 1.29 is 9.15 Å². The number of nitrogens with zero attached hydrogens (tertiary/aromatic N) is 1. The number of furan rings is 1. The van der Waals surface area contributed by atoms with E-state index in [-0.39, 0.29) is 0 Å². The molecular weight excluding hydrogens is 334 g/mol. The minimum absolute atomic E-state index is 0.673. The summed E-state index contributed by atoms with van der Waals surface area (Å²) in [7, 11) is 0. The molecule has 3 aromatic heterocycles. The Morgan fingerprint density at radius 2 is 2.00 bits per heavy atom. The van der Waals surface area contributed by atoms with E-state index in [0.717, 1.165) is 40.9 Å². The van der Waals surface area contributed by atoms with Crippen molar-refractivity contribution in [2.45, 2.75) is 18.7 Å². The predicted molar refractivity (Wildman–Crippen MR) is 97.3 cm³/mol. The number of aromatic nitrogens is 1. The molecule has 0 amide bonds. The SMILES string of the molecule is c1c[nH]c(C2=C(c3ccco3)OC(c3cccs3)(N3CCCC3)N2)c1. The van der Waals surface area contributed by atoms with Gasteiger partial charge in [-0.15, -0.1) is 11.3 Å². The molecule has 0 radical (unpaired) electrons. The molecule has 25 heavy (non-hydrogen) atoms. The van der Waals surface area contributed by atoms with Crippen LogP contribution >= 0.6 is 11.3 Å². The van der Waals surface area contributed by atoms with Crippen LogP contribution in [-0.2, 0) is 10.6 Å². The van der Waals surface area contributed by atoms with Crippen LogP contribution in [-0.4, -0.2) is 23.0 Å². The van der Waals surface area contributed by atoms with Crippen LogP contribution in [0.4, 0.5) is 0 Å². The van der Waals surface area contributed by atoms with Crippen LogP contribution in [0.25, 0.3) is 11.5 Å². The molecule has 0 aliphatic carbocycles. The first-order valence-electron chi connectivity index (χ1n) is 8.55. The highest BCUT2D eigenvalue weighted by Crippen LogP contribution is 2.45. The van der Waals surface area contributed by atoms with E-state index in [9.17, 15) is 0 Å². The van der Waals surface area contributed by atoms with Crippen molar-refractivity contribution in [3.63, 3.8) is 0 Å². The van der Waals surface area contributed by atoms with Gasteiger partial charge in [0.05, 0.1) is 16.8 Å². The van der Waals surface area contributed by atoms with Crippen LogP contribution in [0.5, 0.6) is 0 Å². The zero-order valence-electron chi connectivity index (χ0n) is 13.7. The maximum Gasteiger partial charge on any atom is 0.278 e. The molecule has 128 valence electrons. The molecule has 6 heteroatoms. The summed E-state index contributed by atoms with van der Waals surface area (Å²) in [5.74, 6) is 0.801. The number of rotatable bonds is 4. The van der Waals surface area contributed by atoms with E-state index >= 15 is 0 Å². The summed E-state index contributed by atoms with van der Waals surface area (Å²) in [6, 6.07) is 12.1. The van der Waals surface area contributed by atoms with Gasteiger partial charge in [0.25, 0.3) is 5.85 Å². The molecule has 1 fully saturated rings. The molecule has 0 spiro atoms. The third-order valence-electron chi connectivity index (χ3n) is 4.79. The van der Waals surface area contributed by atoms with Gasteiger partial charge < -0.3 is 19.5 Å². The maximum atomic E-state index is 6.65. The zero-order valence-corrected chi connectivity index (χ0v) is 14.5. The van der Waals surface area contributed by atoms with Crippen molar-refractivity contribution in [2.24, 2.45) is 0 Å². The molecule has 0 aromatic carbocycles. The van der Waals surface area contributed by atoms with Gasteiger partial charge in [-0.3, -0.25) is 0 Å². The van der Waals surface area contributed by atoms with E-state index < -0.39 is 5.85 Å². The zero-order chi connectivity index (χ0) is 16.7. The van der Waals surface area contributed by atoms with Gasteiger partial charge in [-0.2, -0.15) is 0 Å². The summed E-state index contributed by atoms with van der Waals surface area (Å²) in [5.41, 5.74) is 1.92. The molecular formula is C19H19N3O2S. The highest BCUT2D eigenvalue weighted by Gasteiger charge is 2.50. The van der Waals surface area contributed by atoms with Gasteiger partial charge >= 0.3 is 0 Å². The van der Waals surface area contributed by atoms with Gasteiger partial charge in [0.2, 0.25) is 0 Å². The van der Waals surface area contributed by atoms with Gasteiger partial charge in [0.1, 0.15) is 5.70 Å². The molecule has 5 heterocycles. The first kappa shape index (κ1) is 14.9. The third kappa shape index (κ3) is 2.33. The van der Waals surface area contributed by atoms with E-state index in [4.69, 9.17) is 9.15 Å². The van der Waals surface area contributed by atoms with Crippen LogP contribution in [0.2, 0.25) is 0 Å². The monoisotopic (exact) mass is 353 g/mol. The lowest BCUT2D eigenvalue weighted by atomic mass is 10.2. The molecule has 5 nitrogen and oxygen atoms in total. The van der Waals surface area contributed by atoms with Gasteiger partial charge in [0.15, 0.2) is 11.5 Å². The molecule has 5 rings (SSSR count). The standard InChI is InChI=1S/C19H19N3O2S/c1-2-11-22(10-1)19(16-8-5-13-25-16)21-17(14-6-3-9-20-14)18(24-19)15-7-4-12-23-15/h3-9,12-13,20-21H,1-2,10-11H2. The van der Waals surface area contributed by atoms with Crippen LogP contribution in [0, 0.1) is 0 Å². The summed E-state index contributed by atoms with van der Waals surface area (Å²) in [5, 5.41) is 5.79. The van der Waals surface area contributed by atoms with Crippen LogP contribution in [0.3, 0.4) is 0 Å². The van der Waals surface area contributed by atoms with Crippen LogP contribution in [0.15, 0.2) is 58.7 Å². The second kappa shape index (κ2) is 5.82. The van der Waals surface area contributed by atoms with E-state index in [1.165, 1.54) is 12.8 Å². The lowest BCUT2D eigenvalue weighted by Gasteiger charge is -2.37. The van der Waals surface area contributed by atoms with Crippen molar-refractivity contribution in [3.8, 4) is 0 Å². The number of H-pyrrole nitrogens is 1. The Morgan fingerprint density at radius 1 is 1.08 bits per heavy atom. The smallest absolute Gasteiger partial charge is 0.278 e. The fourth-order valence-corrected chi connectivity index (χ4v) is 4.46. The summed E-state index contributed by atoms with van der Waals surface area (Å²) in [6.07, 6.45) is 5.97. The van der Waals surface area contributed by atoms with Crippen molar-refractivity contribution in [1.82, 2.24) is 15.2 Å². The molecule has 2 aliphatic heterocycles. The lowest BCUT2D eigenvalue weighted by Crippen LogP contribution is -2.52. The number of ether oxygens (including phenoxy) is 1. The number of thiophene rings is 1. The van der Waals surface area contributed by atoms with Gasteiger partial charge in [-0.05, 0) is 48.6 Å². The Bertz CT molecular complexity index is 814. The Morgan fingerprint density at radius 3 is 2.68 bits per heavy atom. The molecule has 1 unspecified atom stereocenters. The molecule has 0 saturated carbocycles. The quantitative estimate of drug-likeness (QED) is 0.744. The second-order valence-electron chi connectivity index (χ2n) is 6.31. The molecule has 1 saturated heterocycles. The summed E-state index contributed by atoms with van der Waals surface area (Å²) < 4.78 is 12.3. The van der Waals surface area contributed by atoms with Gasteiger partial charge in [-0.25, -0.2) is 4.90 Å². The Kier molecular flexibility index (Phi) is 3.46. The first-order valence-corrected chi connectivity index (χ1v) is 9.43. The number of hydrogen-bond acceptors (Lipinski definition) is 5. The first-order chi connectivity index (χ1) is 12.4. The lowest BCUT2D eigenvalue weighted by molar-refractivity contribution is -0.102. The average molecular weight is 353 g/mol. The van der Waals surface area contributed by atoms with Gasteiger partial charge in [-0.1, -0.05) is 6.07 Å². The van der Waals surface area contributed by atoms with Crippen molar-refractivity contribution >= 4 is 22.8 Å². The highest BCUT2D eigenvalue weighted by molar-refractivity contribution is 7.10. The topological polar surface area (TPSA) is 53.4 Å². The molecule has 0 bridgehead atoms. The van der Waals surface area contributed by atoms with E-state index in [0.29, 0.717) is 0 Å². The minimum Gasteiger partial charge on any atom is -0.461 e. The van der Waals surface area contributed by atoms with Gasteiger partial charge in [0, 0.05) is 19.3 Å². The highest BCUT2D eigenvalue weighted by atomic mass is 32.1. The number of likely N-dealkylation sites (tertiary alicyclic amines) is 1. The molecule has 3 aromatic rings. The van der Waals surface area contributed by atoms with Crippen molar-refractivity contribution in [1.29, 1.82) is 0 Å². The Hall–Kier alpha value is -2.44. The van der Waals surface area contributed by atoms with Crippen LogP contribution < -0.4 is 5.32 Å². The second-order valence-corrected chi connectivity index (χ2v) is 7.26. The average Bonchev–Trinajstić information content (AvgIpc) is 3.49. The number of nitrogens with one attached hydrogen (secondary N) is 2. The molecule has 2 aliphatic rings. The normalized spacial score (nSPS) is 23.8. The fourth-order valence-electron chi connectivity index (χ4n) is 3.62. The fraction of sp³-hybridized carbons (Fsp3) is 0.263. The predicted octanol–water partition coefficient (Wildman–Crippen LogP) is 4.02. The van der Waals surface area contributed by atoms with Crippen molar-refractivity contribution in [3.05, 3.63) is 70.6 Å². The van der Waals surface area contributed by atoms with Crippen molar-refractivity contribution in [2.75, 3.05) is 13.1 Å². The minimum atomic E-state index is -0.673. The summed E-state index contributed by atoms with van der Waals surface area (Å²) in [6.45, 7) is 2.02. The third-order valence-corrected chi connectivity index (χ3v) is 5.75.